The highest BCUT2D eigenvalue weighted by Crippen LogP contribution is 2.39. The summed E-state index contributed by atoms with van der Waals surface area (Å²) in [6, 6.07) is 5.63. The average molecular weight is 408 g/mol. The molecule has 1 amide bonds. The molecule has 1 aromatic rings. The van der Waals surface area contributed by atoms with Gasteiger partial charge in [0, 0.05) is 41.1 Å². The fraction of sp³-hybridized carbons (Fsp3) is 0.611. The van der Waals surface area contributed by atoms with E-state index in [-0.39, 0.29) is 29.6 Å². The molecule has 2 fully saturated rings. The van der Waals surface area contributed by atoms with Crippen molar-refractivity contribution < 1.29 is 9.53 Å². The predicted octanol–water partition coefficient (Wildman–Crippen LogP) is 3.44. The fourth-order valence-electron chi connectivity index (χ4n) is 3.52. The summed E-state index contributed by atoms with van der Waals surface area (Å²) in [7, 11) is 0. The maximum atomic E-state index is 12.5. The lowest BCUT2D eigenvalue weighted by Gasteiger charge is -2.39. The minimum Gasteiger partial charge on any atom is -0.381 e. The number of amides is 1. The second-order valence-electron chi connectivity index (χ2n) is 6.94. The summed E-state index contributed by atoms with van der Waals surface area (Å²) < 4.78 is 5.54. The molecule has 0 saturated carbocycles. The zero-order chi connectivity index (χ0) is 17.2. The molecule has 2 saturated heterocycles. The number of halogens is 3. The zero-order valence-electron chi connectivity index (χ0n) is 14.3. The predicted molar refractivity (Wildman–Crippen MR) is 104 cm³/mol. The quantitative estimate of drug-likeness (QED) is 0.786. The van der Waals surface area contributed by atoms with E-state index >= 15 is 0 Å². The van der Waals surface area contributed by atoms with Gasteiger partial charge in [0.1, 0.15) is 0 Å². The van der Waals surface area contributed by atoms with Crippen molar-refractivity contribution in [2.45, 2.75) is 25.2 Å². The maximum absolute atomic E-state index is 12.5. The van der Waals surface area contributed by atoms with Crippen LogP contribution in [-0.2, 0) is 14.9 Å². The minimum atomic E-state index is -0.187. The third kappa shape index (κ3) is 4.61. The Morgan fingerprint density at radius 1 is 1.36 bits per heavy atom. The summed E-state index contributed by atoms with van der Waals surface area (Å²) in [5, 5.41) is 7.68. The first-order chi connectivity index (χ1) is 11.5. The lowest BCUT2D eigenvalue weighted by atomic mass is 9.74. The molecule has 25 heavy (non-hydrogen) atoms. The molecular formula is C18H25Cl3N2O2. The number of carbonyl (C=O) groups excluding carboxylic acids is 1. The molecule has 2 N–H and O–H groups in total. The van der Waals surface area contributed by atoms with Crippen molar-refractivity contribution in [2.24, 2.45) is 11.8 Å². The SMILES string of the molecule is CC(C(=O)NCC1(c2ccc(Cl)cc2Cl)CCOCC1)C1CNC1.Cl. The molecule has 2 heterocycles. The summed E-state index contributed by atoms with van der Waals surface area (Å²) in [6.07, 6.45) is 1.68. The van der Waals surface area contributed by atoms with Crippen LogP contribution in [0.1, 0.15) is 25.3 Å². The van der Waals surface area contributed by atoms with Gasteiger partial charge in [-0.25, -0.2) is 0 Å². The Hall–Kier alpha value is -0.520. The molecular weight excluding hydrogens is 383 g/mol. The summed E-state index contributed by atoms with van der Waals surface area (Å²) in [5.41, 5.74) is 0.864. The molecule has 1 atom stereocenters. The molecule has 0 spiro atoms. The molecule has 4 nitrogen and oxygen atoms in total. The van der Waals surface area contributed by atoms with E-state index in [1.807, 2.05) is 19.1 Å². The second-order valence-corrected chi connectivity index (χ2v) is 7.79. The third-order valence-corrected chi connectivity index (χ3v) is 6.03. The number of nitrogens with one attached hydrogen (secondary N) is 2. The minimum absolute atomic E-state index is 0. The standard InChI is InChI=1S/C18H24Cl2N2O2.ClH/c1-12(13-9-21-10-13)17(23)22-11-18(4-6-24-7-5-18)15-3-2-14(19)8-16(15)20;/h2-3,8,12-13,21H,4-7,9-11H2,1H3,(H,22,23);1H. The highest BCUT2D eigenvalue weighted by Gasteiger charge is 2.37. The Morgan fingerprint density at radius 3 is 2.60 bits per heavy atom. The molecule has 7 heteroatoms. The Labute approximate surface area is 165 Å². The average Bonchev–Trinajstić information content (AvgIpc) is 2.51. The van der Waals surface area contributed by atoms with Gasteiger partial charge in [-0.3, -0.25) is 4.79 Å². The van der Waals surface area contributed by atoms with Gasteiger partial charge in [-0.05, 0) is 49.5 Å². The molecule has 140 valence electrons. The van der Waals surface area contributed by atoms with Crippen molar-refractivity contribution in [3.63, 3.8) is 0 Å². The lowest BCUT2D eigenvalue weighted by Crippen LogP contribution is -2.52. The Kier molecular flexibility index (Phi) is 7.41. The smallest absolute Gasteiger partial charge is 0.223 e. The van der Waals surface area contributed by atoms with E-state index < -0.39 is 0 Å². The molecule has 0 aliphatic carbocycles. The van der Waals surface area contributed by atoms with E-state index in [1.165, 1.54) is 0 Å². The summed E-state index contributed by atoms with van der Waals surface area (Å²) in [6.45, 7) is 5.80. The van der Waals surface area contributed by atoms with Gasteiger partial charge < -0.3 is 15.4 Å². The molecule has 2 aliphatic heterocycles. The number of hydrogen-bond acceptors (Lipinski definition) is 3. The van der Waals surface area contributed by atoms with Gasteiger partial charge in [0.2, 0.25) is 5.91 Å². The number of carbonyl (C=O) groups is 1. The van der Waals surface area contributed by atoms with Crippen LogP contribution in [0.15, 0.2) is 18.2 Å². The Morgan fingerprint density at radius 2 is 2.04 bits per heavy atom. The van der Waals surface area contributed by atoms with E-state index in [2.05, 4.69) is 10.6 Å². The summed E-state index contributed by atoms with van der Waals surface area (Å²) in [5.74, 6) is 0.594. The van der Waals surface area contributed by atoms with Crippen molar-refractivity contribution in [1.82, 2.24) is 10.6 Å². The largest absolute Gasteiger partial charge is 0.381 e. The summed E-state index contributed by atoms with van der Waals surface area (Å²) >= 11 is 12.5. The number of hydrogen-bond donors (Lipinski definition) is 2. The number of benzene rings is 1. The lowest BCUT2D eigenvalue weighted by molar-refractivity contribution is -0.127. The molecule has 2 aliphatic rings. The van der Waals surface area contributed by atoms with Gasteiger partial charge in [0.15, 0.2) is 0 Å². The Balaban J connectivity index is 0.00000225. The van der Waals surface area contributed by atoms with E-state index in [9.17, 15) is 4.79 Å². The van der Waals surface area contributed by atoms with Gasteiger partial charge in [-0.15, -0.1) is 12.4 Å². The van der Waals surface area contributed by atoms with E-state index in [0.29, 0.717) is 35.7 Å². The molecule has 0 radical (unpaired) electrons. The normalized spacial score (nSPS) is 20.9. The van der Waals surface area contributed by atoms with Crippen molar-refractivity contribution in [3.05, 3.63) is 33.8 Å². The zero-order valence-corrected chi connectivity index (χ0v) is 16.6. The van der Waals surface area contributed by atoms with Gasteiger partial charge in [-0.2, -0.15) is 0 Å². The second kappa shape index (κ2) is 8.92. The Bertz CT molecular complexity index is 602. The molecule has 1 aromatic carbocycles. The number of ether oxygens (including phenoxy) is 1. The van der Waals surface area contributed by atoms with Gasteiger partial charge in [0.25, 0.3) is 0 Å². The highest BCUT2D eigenvalue weighted by atomic mass is 35.5. The van der Waals surface area contributed by atoms with Crippen LogP contribution in [0.2, 0.25) is 10.0 Å². The van der Waals surface area contributed by atoms with Crippen LogP contribution in [-0.4, -0.2) is 38.8 Å². The topological polar surface area (TPSA) is 50.4 Å². The van der Waals surface area contributed by atoms with Crippen LogP contribution in [0.4, 0.5) is 0 Å². The van der Waals surface area contributed by atoms with Gasteiger partial charge in [0.05, 0.1) is 0 Å². The fourth-order valence-corrected chi connectivity index (χ4v) is 4.13. The van der Waals surface area contributed by atoms with Crippen molar-refractivity contribution >= 4 is 41.5 Å². The number of rotatable bonds is 5. The van der Waals surface area contributed by atoms with Crippen LogP contribution in [0.25, 0.3) is 0 Å². The highest BCUT2D eigenvalue weighted by molar-refractivity contribution is 6.35. The third-order valence-electron chi connectivity index (χ3n) is 5.49. The van der Waals surface area contributed by atoms with Crippen LogP contribution in [0, 0.1) is 11.8 Å². The molecule has 1 unspecified atom stereocenters. The van der Waals surface area contributed by atoms with E-state index in [4.69, 9.17) is 27.9 Å². The first-order valence-corrected chi connectivity index (χ1v) is 9.29. The molecule has 0 bridgehead atoms. The van der Waals surface area contributed by atoms with Crippen molar-refractivity contribution in [2.75, 3.05) is 32.8 Å². The van der Waals surface area contributed by atoms with Gasteiger partial charge in [-0.1, -0.05) is 36.2 Å². The van der Waals surface area contributed by atoms with Crippen LogP contribution in [0.3, 0.4) is 0 Å². The van der Waals surface area contributed by atoms with E-state index in [0.717, 1.165) is 31.5 Å². The van der Waals surface area contributed by atoms with Crippen molar-refractivity contribution in [3.8, 4) is 0 Å². The monoisotopic (exact) mass is 406 g/mol. The van der Waals surface area contributed by atoms with Crippen LogP contribution < -0.4 is 10.6 Å². The van der Waals surface area contributed by atoms with E-state index in [1.54, 1.807) is 6.07 Å². The van der Waals surface area contributed by atoms with Crippen LogP contribution >= 0.6 is 35.6 Å². The maximum Gasteiger partial charge on any atom is 0.223 e. The summed E-state index contributed by atoms with van der Waals surface area (Å²) in [4.78, 5) is 12.5. The molecule has 0 aromatic heterocycles. The first kappa shape index (κ1) is 20.8. The van der Waals surface area contributed by atoms with Gasteiger partial charge >= 0.3 is 0 Å². The van der Waals surface area contributed by atoms with Crippen LogP contribution in [0.5, 0.6) is 0 Å². The first-order valence-electron chi connectivity index (χ1n) is 8.53. The molecule has 3 rings (SSSR count). The van der Waals surface area contributed by atoms with Crippen molar-refractivity contribution in [1.29, 1.82) is 0 Å².